The lowest BCUT2D eigenvalue weighted by Crippen LogP contribution is -2.41. The van der Waals surface area contributed by atoms with Crippen LogP contribution in [0.4, 0.5) is 10.7 Å². The van der Waals surface area contributed by atoms with Crippen molar-refractivity contribution in [3.05, 3.63) is 70.8 Å². The number of pyridine rings is 1. The molecule has 3 aromatic rings. The van der Waals surface area contributed by atoms with Gasteiger partial charge < -0.3 is 20.1 Å². The Hall–Kier alpha value is -3.72. The molecule has 3 heterocycles. The number of morpholine rings is 1. The molecule has 9 heteroatoms. The fourth-order valence-corrected chi connectivity index (χ4v) is 3.38. The minimum atomic E-state index is -0.857. The van der Waals surface area contributed by atoms with Crippen LogP contribution in [0, 0.1) is 0 Å². The van der Waals surface area contributed by atoms with E-state index >= 15 is 0 Å². The number of carbonyl (C=O) groups is 1. The third kappa shape index (κ3) is 4.15. The summed E-state index contributed by atoms with van der Waals surface area (Å²) in [6.07, 6.45) is 2.27. The lowest BCUT2D eigenvalue weighted by Gasteiger charge is -2.34. The molecule has 1 aliphatic heterocycles. The van der Waals surface area contributed by atoms with E-state index in [2.05, 4.69) is 4.98 Å². The zero-order chi connectivity index (χ0) is 21.1. The highest BCUT2D eigenvalue weighted by Crippen LogP contribution is 2.27. The maximum Gasteiger partial charge on any atom is 0.409 e. The molecular weight excluding hydrogens is 386 g/mol. The van der Waals surface area contributed by atoms with Crippen LogP contribution in [-0.4, -0.2) is 40.3 Å². The van der Waals surface area contributed by atoms with Gasteiger partial charge in [0.2, 0.25) is 5.95 Å². The number of benzene rings is 1. The summed E-state index contributed by atoms with van der Waals surface area (Å²) in [5.74, 6) is 0.948. The van der Waals surface area contributed by atoms with Crippen LogP contribution in [-0.2, 0) is 11.8 Å². The number of hydrogen-bond acceptors (Lipinski definition) is 7. The zero-order valence-electron chi connectivity index (χ0n) is 16.4. The summed E-state index contributed by atoms with van der Waals surface area (Å²) in [6.45, 7) is 1.62. The molecule has 1 atom stereocenters. The molecule has 4 rings (SSSR count). The number of carbonyl (C=O) groups excluding carboxylic acids is 1. The van der Waals surface area contributed by atoms with Crippen molar-refractivity contribution in [1.82, 2.24) is 14.5 Å². The molecule has 0 bridgehead atoms. The number of rotatable bonds is 4. The molecule has 1 fully saturated rings. The van der Waals surface area contributed by atoms with Crippen molar-refractivity contribution in [2.24, 2.45) is 12.8 Å². The van der Waals surface area contributed by atoms with Gasteiger partial charge in [0.05, 0.1) is 18.8 Å². The number of nitrogens with two attached hydrogens (primary N) is 1. The summed E-state index contributed by atoms with van der Waals surface area (Å²) < 4.78 is 12.3. The smallest absolute Gasteiger partial charge is 0.409 e. The van der Waals surface area contributed by atoms with E-state index in [9.17, 15) is 9.59 Å². The van der Waals surface area contributed by atoms with E-state index in [4.69, 9.17) is 20.2 Å². The van der Waals surface area contributed by atoms with Crippen molar-refractivity contribution in [3.8, 4) is 17.0 Å². The summed E-state index contributed by atoms with van der Waals surface area (Å²) in [5.41, 5.74) is 7.26. The second kappa shape index (κ2) is 8.34. The van der Waals surface area contributed by atoms with Crippen LogP contribution in [0.15, 0.2) is 59.7 Å². The Balaban J connectivity index is 1.59. The Bertz CT molecular complexity index is 1100. The number of ether oxygens (including phenoxy) is 2. The maximum absolute atomic E-state index is 12.6. The first kappa shape index (κ1) is 19.6. The van der Waals surface area contributed by atoms with Gasteiger partial charge in [-0.2, -0.15) is 0 Å². The molecule has 1 amide bonds. The van der Waals surface area contributed by atoms with Gasteiger partial charge in [0.25, 0.3) is 5.56 Å². The molecule has 9 nitrogen and oxygen atoms in total. The third-order valence-electron chi connectivity index (χ3n) is 4.91. The Morgan fingerprint density at radius 3 is 2.63 bits per heavy atom. The van der Waals surface area contributed by atoms with Crippen molar-refractivity contribution in [2.75, 3.05) is 24.6 Å². The van der Waals surface area contributed by atoms with Crippen molar-refractivity contribution in [2.45, 2.75) is 6.10 Å². The highest BCUT2D eigenvalue weighted by Gasteiger charge is 2.25. The molecule has 2 N–H and O–H groups in total. The van der Waals surface area contributed by atoms with E-state index < -0.39 is 6.09 Å². The summed E-state index contributed by atoms with van der Waals surface area (Å²) in [5, 5.41) is 0. The van der Waals surface area contributed by atoms with Gasteiger partial charge in [-0.3, -0.25) is 14.3 Å². The molecule has 154 valence electrons. The molecular formula is C21H21N5O4. The van der Waals surface area contributed by atoms with Gasteiger partial charge in [-0.15, -0.1) is 0 Å². The topological polar surface area (TPSA) is 113 Å². The van der Waals surface area contributed by atoms with Crippen molar-refractivity contribution in [1.29, 1.82) is 0 Å². The number of primary amides is 1. The summed E-state index contributed by atoms with van der Waals surface area (Å²) >= 11 is 0. The average Bonchev–Trinajstić information content (AvgIpc) is 2.76. The van der Waals surface area contributed by atoms with Crippen molar-refractivity contribution < 1.29 is 14.3 Å². The average molecular weight is 407 g/mol. The molecule has 0 spiro atoms. The van der Waals surface area contributed by atoms with E-state index in [1.54, 1.807) is 31.6 Å². The molecule has 1 aliphatic rings. The Morgan fingerprint density at radius 2 is 1.93 bits per heavy atom. The van der Waals surface area contributed by atoms with Crippen molar-refractivity contribution in [3.63, 3.8) is 0 Å². The fourth-order valence-electron chi connectivity index (χ4n) is 3.38. The highest BCUT2D eigenvalue weighted by molar-refractivity contribution is 5.68. The van der Waals surface area contributed by atoms with Crippen molar-refractivity contribution >= 4 is 12.0 Å². The van der Waals surface area contributed by atoms with Crippen LogP contribution < -0.4 is 20.9 Å². The second-order valence-electron chi connectivity index (χ2n) is 6.87. The largest absolute Gasteiger partial charge is 0.411 e. The zero-order valence-corrected chi connectivity index (χ0v) is 16.4. The van der Waals surface area contributed by atoms with E-state index in [0.717, 1.165) is 11.1 Å². The Labute approximate surface area is 172 Å². The van der Waals surface area contributed by atoms with Crippen LogP contribution in [0.1, 0.15) is 11.7 Å². The minimum Gasteiger partial charge on any atom is -0.411 e. The number of amides is 1. The predicted octanol–water partition coefficient (Wildman–Crippen LogP) is 1.88. The summed E-state index contributed by atoms with van der Waals surface area (Å²) in [6, 6.07) is 12.2. The van der Waals surface area contributed by atoms with Gasteiger partial charge in [-0.05, 0) is 29.8 Å². The Kier molecular flexibility index (Phi) is 5.44. The van der Waals surface area contributed by atoms with E-state index in [0.29, 0.717) is 37.1 Å². The fraction of sp³-hybridized carbons (Fsp3) is 0.238. The standard InChI is InChI=1S/C21H21N5O4/c1-25-19(27)12-17(14-6-8-23-9-7-14)24-21(25)26-10-11-29-18(13-26)15-2-4-16(5-3-15)30-20(22)28/h2-9,12,18H,10-11,13H2,1H3,(H2,22,28)/t18-/m1/s1. The van der Waals surface area contributed by atoms with Gasteiger partial charge in [0, 0.05) is 37.6 Å². The minimum absolute atomic E-state index is 0.136. The number of aromatic nitrogens is 3. The monoisotopic (exact) mass is 407 g/mol. The summed E-state index contributed by atoms with van der Waals surface area (Å²) in [4.78, 5) is 34.2. The molecule has 30 heavy (non-hydrogen) atoms. The van der Waals surface area contributed by atoms with Gasteiger partial charge in [0.1, 0.15) is 11.9 Å². The molecule has 2 aromatic heterocycles. The maximum atomic E-state index is 12.6. The molecule has 0 saturated carbocycles. The first-order valence-corrected chi connectivity index (χ1v) is 9.43. The first-order valence-electron chi connectivity index (χ1n) is 9.43. The van der Waals surface area contributed by atoms with Crippen LogP contribution in [0.2, 0.25) is 0 Å². The van der Waals surface area contributed by atoms with Crippen LogP contribution in [0.25, 0.3) is 11.3 Å². The highest BCUT2D eigenvalue weighted by atomic mass is 16.5. The van der Waals surface area contributed by atoms with Gasteiger partial charge in [0.15, 0.2) is 0 Å². The molecule has 0 radical (unpaired) electrons. The lowest BCUT2D eigenvalue weighted by molar-refractivity contribution is 0.0389. The van der Waals surface area contributed by atoms with Gasteiger partial charge in [-0.1, -0.05) is 12.1 Å². The molecule has 0 aliphatic carbocycles. The van der Waals surface area contributed by atoms with E-state index in [1.807, 2.05) is 29.2 Å². The molecule has 1 aromatic carbocycles. The third-order valence-corrected chi connectivity index (χ3v) is 4.91. The second-order valence-corrected chi connectivity index (χ2v) is 6.87. The Morgan fingerprint density at radius 1 is 1.20 bits per heavy atom. The van der Waals surface area contributed by atoms with E-state index in [-0.39, 0.29) is 11.7 Å². The normalized spacial score (nSPS) is 16.3. The quantitative estimate of drug-likeness (QED) is 0.702. The van der Waals surface area contributed by atoms with Gasteiger partial charge in [-0.25, -0.2) is 9.78 Å². The SMILES string of the molecule is Cn1c(N2CCO[C@@H](c3ccc(OC(N)=O)cc3)C2)nc(-c2ccncc2)cc1=O. The molecule has 0 unspecified atom stereocenters. The predicted molar refractivity (Wildman–Crippen MR) is 110 cm³/mol. The van der Waals surface area contributed by atoms with Crippen LogP contribution in [0.5, 0.6) is 5.75 Å². The van der Waals surface area contributed by atoms with Crippen LogP contribution >= 0.6 is 0 Å². The van der Waals surface area contributed by atoms with E-state index in [1.165, 1.54) is 10.6 Å². The lowest BCUT2D eigenvalue weighted by atomic mass is 10.1. The number of hydrogen-bond donors (Lipinski definition) is 1. The van der Waals surface area contributed by atoms with Gasteiger partial charge >= 0.3 is 6.09 Å². The molecule has 1 saturated heterocycles. The summed E-state index contributed by atoms with van der Waals surface area (Å²) in [7, 11) is 1.71. The first-order chi connectivity index (χ1) is 14.5. The van der Waals surface area contributed by atoms with Crippen LogP contribution in [0.3, 0.4) is 0 Å². The number of nitrogens with zero attached hydrogens (tertiary/aromatic N) is 4. The number of anilines is 1.